The van der Waals surface area contributed by atoms with Crippen LogP contribution in [0.4, 0.5) is 0 Å². The Morgan fingerprint density at radius 3 is 1.39 bits per heavy atom. The van der Waals surface area contributed by atoms with Crippen LogP contribution < -0.4 is 0 Å². The number of aliphatic hydroxyl groups is 3. The SMILES string of the molecule is CCCCCCCCCCCCCCC(C(=O)OOC(=O)CCCCCCCCCCC)C(O)C(O)CO. The van der Waals surface area contributed by atoms with Gasteiger partial charge in [-0.25, -0.2) is 19.4 Å². The first-order chi connectivity index (χ1) is 18.5. The highest BCUT2D eigenvalue weighted by atomic mass is 17.2. The summed E-state index contributed by atoms with van der Waals surface area (Å²) in [4.78, 5) is 33.9. The van der Waals surface area contributed by atoms with Crippen LogP contribution in [0.3, 0.4) is 0 Å². The Balaban J connectivity index is 4.10. The highest BCUT2D eigenvalue weighted by Gasteiger charge is 2.34. The van der Waals surface area contributed by atoms with E-state index in [0.29, 0.717) is 19.3 Å². The molecule has 3 N–H and O–H groups in total. The van der Waals surface area contributed by atoms with Crippen molar-refractivity contribution < 1.29 is 34.7 Å². The number of carbonyl (C=O) groups excluding carboxylic acids is 2. The molecule has 0 rings (SSSR count). The zero-order valence-electron chi connectivity index (χ0n) is 24.7. The summed E-state index contributed by atoms with van der Waals surface area (Å²) in [7, 11) is 0. The van der Waals surface area contributed by atoms with Crippen molar-refractivity contribution >= 4 is 11.9 Å². The Morgan fingerprint density at radius 1 is 0.579 bits per heavy atom. The van der Waals surface area contributed by atoms with Crippen molar-refractivity contribution in [1.29, 1.82) is 0 Å². The molecule has 0 fully saturated rings. The smallest absolute Gasteiger partial charge is 0.361 e. The molecule has 0 bridgehead atoms. The predicted octanol–water partition coefficient (Wildman–Crippen LogP) is 7.33. The van der Waals surface area contributed by atoms with Crippen LogP contribution in [-0.2, 0) is 19.4 Å². The molecule has 0 spiro atoms. The number of hydrogen-bond donors (Lipinski definition) is 3. The summed E-state index contributed by atoms with van der Waals surface area (Å²) in [5, 5.41) is 29.4. The van der Waals surface area contributed by atoms with E-state index < -0.39 is 36.7 Å². The molecule has 0 aromatic rings. The fourth-order valence-corrected chi connectivity index (χ4v) is 4.78. The van der Waals surface area contributed by atoms with Gasteiger partial charge in [-0.05, 0) is 12.8 Å². The van der Waals surface area contributed by atoms with Crippen LogP contribution in [0.25, 0.3) is 0 Å². The fraction of sp³-hybridized carbons (Fsp3) is 0.935. The van der Waals surface area contributed by atoms with E-state index >= 15 is 0 Å². The Labute approximate surface area is 233 Å². The molecular weight excluding hydrogens is 484 g/mol. The number of hydrogen-bond acceptors (Lipinski definition) is 7. The van der Waals surface area contributed by atoms with E-state index in [0.717, 1.165) is 32.1 Å². The Bertz CT molecular complexity index is 540. The molecule has 0 amide bonds. The van der Waals surface area contributed by atoms with Crippen LogP contribution in [0.2, 0.25) is 0 Å². The normalized spacial score (nSPS) is 13.7. The van der Waals surface area contributed by atoms with Gasteiger partial charge in [0.2, 0.25) is 0 Å². The van der Waals surface area contributed by atoms with Crippen molar-refractivity contribution in [3.05, 3.63) is 0 Å². The third-order valence-corrected chi connectivity index (χ3v) is 7.37. The van der Waals surface area contributed by atoms with E-state index in [1.807, 2.05) is 0 Å². The molecule has 0 radical (unpaired) electrons. The molecule has 3 atom stereocenters. The molecule has 0 saturated carbocycles. The number of aliphatic hydroxyl groups excluding tert-OH is 3. The zero-order valence-corrected chi connectivity index (χ0v) is 24.7. The van der Waals surface area contributed by atoms with Gasteiger partial charge < -0.3 is 15.3 Å². The third-order valence-electron chi connectivity index (χ3n) is 7.37. The first kappa shape index (κ1) is 36.8. The second-order valence-corrected chi connectivity index (χ2v) is 11.0. The van der Waals surface area contributed by atoms with Gasteiger partial charge in [0, 0.05) is 0 Å². The van der Waals surface area contributed by atoms with E-state index in [9.17, 15) is 24.9 Å². The van der Waals surface area contributed by atoms with Crippen molar-refractivity contribution in [2.75, 3.05) is 6.61 Å². The lowest BCUT2D eigenvalue weighted by Crippen LogP contribution is -2.40. The van der Waals surface area contributed by atoms with E-state index in [2.05, 4.69) is 18.7 Å². The minimum Gasteiger partial charge on any atom is -0.394 e. The molecule has 7 nitrogen and oxygen atoms in total. The van der Waals surface area contributed by atoms with Crippen LogP contribution in [-0.4, -0.2) is 46.1 Å². The Kier molecular flexibility index (Phi) is 26.5. The van der Waals surface area contributed by atoms with Crippen molar-refractivity contribution in [2.45, 2.75) is 174 Å². The summed E-state index contributed by atoms with van der Waals surface area (Å²) in [6.45, 7) is 3.77. The molecule has 38 heavy (non-hydrogen) atoms. The number of unbranched alkanes of at least 4 members (excludes halogenated alkanes) is 19. The lowest BCUT2D eigenvalue weighted by atomic mass is 9.92. The predicted molar refractivity (Wildman–Crippen MR) is 152 cm³/mol. The van der Waals surface area contributed by atoms with Crippen LogP contribution in [0.1, 0.15) is 162 Å². The molecule has 3 unspecified atom stereocenters. The van der Waals surface area contributed by atoms with Gasteiger partial charge in [0.05, 0.1) is 25.0 Å². The zero-order chi connectivity index (χ0) is 28.3. The summed E-state index contributed by atoms with van der Waals surface area (Å²) < 4.78 is 0. The first-order valence-electron chi connectivity index (χ1n) is 15.9. The van der Waals surface area contributed by atoms with Gasteiger partial charge in [0.25, 0.3) is 0 Å². The first-order valence-corrected chi connectivity index (χ1v) is 15.9. The van der Waals surface area contributed by atoms with Crippen LogP contribution in [0.5, 0.6) is 0 Å². The maximum Gasteiger partial charge on any atom is 0.361 e. The highest BCUT2D eigenvalue weighted by molar-refractivity contribution is 5.75. The molecule has 0 aliphatic heterocycles. The van der Waals surface area contributed by atoms with Gasteiger partial charge in [-0.3, -0.25) is 0 Å². The molecule has 0 heterocycles. The average Bonchev–Trinajstić information content (AvgIpc) is 2.92. The van der Waals surface area contributed by atoms with Gasteiger partial charge in [-0.2, -0.15) is 0 Å². The van der Waals surface area contributed by atoms with Gasteiger partial charge in [0.15, 0.2) is 0 Å². The molecule has 0 saturated heterocycles. The molecule has 0 aromatic heterocycles. The quantitative estimate of drug-likeness (QED) is 0.0563. The topological polar surface area (TPSA) is 113 Å². The molecule has 7 heteroatoms. The molecule has 0 aliphatic carbocycles. The lowest BCUT2D eigenvalue weighted by Gasteiger charge is -2.23. The summed E-state index contributed by atoms with van der Waals surface area (Å²) in [6.07, 6.45) is 21.8. The van der Waals surface area contributed by atoms with Gasteiger partial charge in [0.1, 0.15) is 6.10 Å². The van der Waals surface area contributed by atoms with Crippen LogP contribution >= 0.6 is 0 Å². The summed E-state index contributed by atoms with van der Waals surface area (Å²) in [5.41, 5.74) is 0. The minimum atomic E-state index is -1.48. The van der Waals surface area contributed by atoms with Crippen molar-refractivity contribution in [3.63, 3.8) is 0 Å². The van der Waals surface area contributed by atoms with Gasteiger partial charge in [-0.15, -0.1) is 0 Å². The fourth-order valence-electron chi connectivity index (χ4n) is 4.78. The summed E-state index contributed by atoms with van der Waals surface area (Å²) >= 11 is 0. The van der Waals surface area contributed by atoms with Crippen molar-refractivity contribution in [1.82, 2.24) is 0 Å². The standard InChI is InChI=1S/C31H60O7/c1-3-5-7-9-11-13-14-15-17-18-20-22-24-27(30(35)28(33)26-32)31(36)38-37-29(34)25-23-21-19-16-12-10-8-6-4-2/h27-28,30,32-33,35H,3-26H2,1-2H3. The largest absolute Gasteiger partial charge is 0.394 e. The molecular formula is C31H60O7. The van der Waals surface area contributed by atoms with Crippen LogP contribution in [0.15, 0.2) is 0 Å². The van der Waals surface area contributed by atoms with E-state index in [1.54, 1.807) is 0 Å². The monoisotopic (exact) mass is 544 g/mol. The number of rotatable bonds is 27. The highest BCUT2D eigenvalue weighted by Crippen LogP contribution is 2.20. The van der Waals surface area contributed by atoms with E-state index in [1.165, 1.54) is 89.9 Å². The van der Waals surface area contributed by atoms with Crippen LogP contribution in [0, 0.1) is 5.92 Å². The Hall–Kier alpha value is -1.18. The molecule has 226 valence electrons. The second-order valence-electron chi connectivity index (χ2n) is 11.0. The molecule has 0 aromatic carbocycles. The van der Waals surface area contributed by atoms with Crippen molar-refractivity contribution in [2.24, 2.45) is 5.92 Å². The summed E-state index contributed by atoms with van der Waals surface area (Å²) in [6, 6.07) is 0. The minimum absolute atomic E-state index is 0.175. The Morgan fingerprint density at radius 2 is 0.974 bits per heavy atom. The van der Waals surface area contributed by atoms with Crippen molar-refractivity contribution in [3.8, 4) is 0 Å². The average molecular weight is 545 g/mol. The summed E-state index contributed by atoms with van der Waals surface area (Å²) in [5.74, 6) is -2.54. The van der Waals surface area contributed by atoms with Gasteiger partial charge in [-0.1, -0.05) is 142 Å². The number of carbonyl (C=O) groups is 2. The third kappa shape index (κ3) is 21.7. The van der Waals surface area contributed by atoms with E-state index in [4.69, 9.17) is 4.89 Å². The second kappa shape index (κ2) is 27.4. The maximum absolute atomic E-state index is 12.5. The maximum atomic E-state index is 12.5. The van der Waals surface area contributed by atoms with E-state index in [-0.39, 0.29) is 6.42 Å². The lowest BCUT2D eigenvalue weighted by molar-refractivity contribution is -0.265. The molecule has 0 aliphatic rings. The van der Waals surface area contributed by atoms with Gasteiger partial charge >= 0.3 is 11.9 Å².